The van der Waals surface area contributed by atoms with Crippen LogP contribution in [-0.2, 0) is 19.1 Å². The van der Waals surface area contributed by atoms with Crippen LogP contribution in [0.3, 0.4) is 0 Å². The van der Waals surface area contributed by atoms with Crippen molar-refractivity contribution in [3.63, 3.8) is 0 Å². The first-order valence-corrected chi connectivity index (χ1v) is 24.6. The van der Waals surface area contributed by atoms with Crippen LogP contribution in [0, 0.1) is 0 Å². The van der Waals surface area contributed by atoms with E-state index in [2.05, 4.69) is 30.3 Å². The highest BCUT2D eigenvalue weighted by atomic mass is 35.5. The molecule has 0 spiro atoms. The minimum atomic E-state index is -0.0494. The molecule has 0 aliphatic rings. The lowest BCUT2D eigenvalue weighted by Crippen LogP contribution is -2.03. The predicted octanol–water partition coefficient (Wildman–Crippen LogP) is 16.2. The fourth-order valence-corrected chi connectivity index (χ4v) is 8.35. The molecule has 59 heavy (non-hydrogen) atoms. The molecule has 7 heteroatoms. The molecule has 3 rings (SSSR count). The summed E-state index contributed by atoms with van der Waals surface area (Å²) in [5, 5.41) is 5.02. The first-order chi connectivity index (χ1) is 29.0. The lowest BCUT2D eigenvalue weighted by molar-refractivity contribution is -0.144. The third-order valence-corrected chi connectivity index (χ3v) is 11.8. The van der Waals surface area contributed by atoms with Gasteiger partial charge in [-0.25, -0.2) is 0 Å². The van der Waals surface area contributed by atoms with Gasteiger partial charge in [0, 0.05) is 39.4 Å². The monoisotopic (exact) mass is 837 g/mol. The van der Waals surface area contributed by atoms with Crippen molar-refractivity contribution in [2.24, 2.45) is 0 Å². The molecule has 3 aromatic carbocycles. The third-order valence-electron chi connectivity index (χ3n) is 11.5. The smallest absolute Gasteiger partial charge is 0.305 e. The van der Waals surface area contributed by atoms with Crippen LogP contribution in [0.4, 0.5) is 0 Å². The fraction of sp³-hybridized carbons (Fsp3) is 0.692. The Bertz CT molecular complexity index is 1540. The minimum absolute atomic E-state index is 0.0491. The maximum Gasteiger partial charge on any atom is 0.305 e. The summed E-state index contributed by atoms with van der Waals surface area (Å²) in [4.78, 5) is 22.8. The van der Waals surface area contributed by atoms with Crippen molar-refractivity contribution in [1.82, 2.24) is 0 Å². The number of rotatable bonds is 38. The molecule has 0 fully saturated rings. The zero-order valence-electron chi connectivity index (χ0n) is 37.4. The molecule has 0 N–H and O–H groups in total. The number of halogens is 1. The van der Waals surface area contributed by atoms with Gasteiger partial charge in [-0.05, 0) is 57.7 Å². The van der Waals surface area contributed by atoms with Crippen molar-refractivity contribution in [2.75, 3.05) is 26.4 Å². The zero-order valence-corrected chi connectivity index (χ0v) is 38.2. The van der Waals surface area contributed by atoms with E-state index < -0.39 is 0 Å². The molecule has 0 amide bonds. The number of hydrogen-bond acceptors (Lipinski definition) is 6. The summed E-state index contributed by atoms with van der Waals surface area (Å²) in [7, 11) is 0. The molecule has 0 bridgehead atoms. The van der Waals surface area contributed by atoms with Crippen molar-refractivity contribution < 1.29 is 28.5 Å². The first kappa shape index (κ1) is 50.4. The molecule has 0 saturated heterocycles. The lowest BCUT2D eigenvalue weighted by atomic mass is 10.0. The first-order valence-electron chi connectivity index (χ1n) is 24.3. The van der Waals surface area contributed by atoms with E-state index in [1.807, 2.05) is 26.0 Å². The van der Waals surface area contributed by atoms with E-state index in [1.54, 1.807) is 0 Å². The van der Waals surface area contributed by atoms with Gasteiger partial charge in [0.05, 0.1) is 26.4 Å². The fourth-order valence-electron chi connectivity index (χ4n) is 8.18. The molecule has 0 aliphatic carbocycles. The van der Waals surface area contributed by atoms with Crippen LogP contribution in [0.5, 0.6) is 11.5 Å². The molecule has 0 atom stereocenters. The second-order valence-electron chi connectivity index (χ2n) is 16.6. The summed E-state index contributed by atoms with van der Waals surface area (Å²) in [5.41, 5.74) is 0. The van der Waals surface area contributed by atoms with Crippen LogP contribution >= 0.6 is 11.6 Å². The van der Waals surface area contributed by atoms with Gasteiger partial charge in [0.25, 0.3) is 0 Å². The van der Waals surface area contributed by atoms with E-state index in [1.165, 1.54) is 141 Å². The maximum atomic E-state index is 11.4. The van der Waals surface area contributed by atoms with E-state index in [0.717, 1.165) is 71.6 Å². The minimum Gasteiger partial charge on any atom is -0.492 e. The Morgan fingerprint density at radius 2 is 0.712 bits per heavy atom. The van der Waals surface area contributed by atoms with Crippen LogP contribution in [-0.4, -0.2) is 38.4 Å². The quantitative estimate of drug-likeness (QED) is 0.0325. The van der Waals surface area contributed by atoms with Crippen LogP contribution in [0.1, 0.15) is 206 Å². The molecule has 332 valence electrons. The standard InChI is InChI=1S/C52H81ClO6/c1-3-56-49(54)37-29-25-21-17-13-9-5-7-11-15-19-23-27-33-41-58-51-45-35-31-32-36-46(45)52(48-43-44(53)39-40-47(48)51)59-42-34-28-24-20-16-12-8-6-10-14-18-22-26-30-38-50(55)57-4-2/h31-32,35-36,39-40,43H,3-30,33-34,37-38,41-42H2,1-2H3. The highest BCUT2D eigenvalue weighted by Gasteiger charge is 2.17. The molecule has 6 nitrogen and oxygen atoms in total. The molecule has 3 aromatic rings. The zero-order chi connectivity index (χ0) is 42.0. The lowest BCUT2D eigenvalue weighted by Gasteiger charge is -2.18. The van der Waals surface area contributed by atoms with Crippen LogP contribution in [0.2, 0.25) is 5.02 Å². The van der Waals surface area contributed by atoms with Crippen LogP contribution < -0.4 is 9.47 Å². The van der Waals surface area contributed by atoms with E-state index in [9.17, 15) is 9.59 Å². The van der Waals surface area contributed by atoms with Crippen molar-refractivity contribution in [2.45, 2.75) is 206 Å². The van der Waals surface area contributed by atoms with Crippen molar-refractivity contribution in [3.05, 3.63) is 47.5 Å². The summed E-state index contributed by atoms with van der Waals surface area (Å²) in [6, 6.07) is 14.6. The van der Waals surface area contributed by atoms with Gasteiger partial charge in [0.15, 0.2) is 0 Å². The summed E-state index contributed by atoms with van der Waals surface area (Å²) < 4.78 is 23.1. The van der Waals surface area contributed by atoms with E-state index in [4.69, 9.17) is 30.5 Å². The Labute approximate surface area is 364 Å². The predicted molar refractivity (Wildman–Crippen MR) is 249 cm³/mol. The largest absolute Gasteiger partial charge is 0.492 e. The van der Waals surface area contributed by atoms with Gasteiger partial charge >= 0.3 is 11.9 Å². The Balaban J connectivity index is 1.25. The van der Waals surface area contributed by atoms with Gasteiger partial charge in [-0.1, -0.05) is 190 Å². The van der Waals surface area contributed by atoms with Gasteiger partial charge < -0.3 is 18.9 Å². The number of unbranched alkanes of at least 4 members (excludes halogenated alkanes) is 26. The topological polar surface area (TPSA) is 71.1 Å². The molecule has 0 heterocycles. The Morgan fingerprint density at radius 3 is 1.07 bits per heavy atom. The molecule has 0 aliphatic heterocycles. The molecule has 0 unspecified atom stereocenters. The van der Waals surface area contributed by atoms with Crippen molar-refractivity contribution in [1.29, 1.82) is 0 Å². The van der Waals surface area contributed by atoms with Gasteiger partial charge in [-0.15, -0.1) is 0 Å². The van der Waals surface area contributed by atoms with E-state index in [-0.39, 0.29) is 11.9 Å². The number of benzene rings is 3. The average Bonchev–Trinajstić information content (AvgIpc) is 3.23. The van der Waals surface area contributed by atoms with Gasteiger partial charge in [-0.3, -0.25) is 9.59 Å². The molecular formula is C52H81ClO6. The summed E-state index contributed by atoms with van der Waals surface area (Å²) in [6.45, 7) is 6.12. The van der Waals surface area contributed by atoms with Crippen molar-refractivity contribution >= 4 is 45.1 Å². The van der Waals surface area contributed by atoms with E-state index in [0.29, 0.717) is 44.3 Å². The van der Waals surface area contributed by atoms with E-state index >= 15 is 0 Å². The summed E-state index contributed by atoms with van der Waals surface area (Å²) in [5.74, 6) is 1.77. The van der Waals surface area contributed by atoms with Gasteiger partial charge in [0.2, 0.25) is 0 Å². The third kappa shape index (κ3) is 22.4. The number of esters is 2. The Kier molecular flexibility index (Phi) is 28.8. The second-order valence-corrected chi connectivity index (χ2v) is 17.0. The SMILES string of the molecule is CCOC(=O)CCCCCCCCCCCCCCCCOc1c2ccccc2c(OCCCCCCCCCCCCCCCCC(=O)OCC)c2cc(Cl)ccc12. The highest BCUT2D eigenvalue weighted by Crippen LogP contribution is 2.44. The number of carbonyl (C=O) groups is 2. The Morgan fingerprint density at radius 1 is 0.407 bits per heavy atom. The molecule has 0 radical (unpaired) electrons. The molecular weight excluding hydrogens is 756 g/mol. The molecule has 0 aromatic heterocycles. The summed E-state index contributed by atoms with van der Waals surface area (Å²) in [6.07, 6.45) is 36.1. The van der Waals surface area contributed by atoms with Crippen LogP contribution in [0.15, 0.2) is 42.5 Å². The molecule has 0 saturated carbocycles. The Hall–Kier alpha value is -2.99. The number of carbonyl (C=O) groups excluding carboxylic acids is 2. The number of fused-ring (bicyclic) bond motifs is 2. The highest BCUT2D eigenvalue weighted by molar-refractivity contribution is 6.31. The van der Waals surface area contributed by atoms with Gasteiger partial charge in [0.1, 0.15) is 11.5 Å². The second kappa shape index (κ2) is 33.7. The van der Waals surface area contributed by atoms with Crippen molar-refractivity contribution in [3.8, 4) is 11.5 Å². The number of hydrogen-bond donors (Lipinski definition) is 0. The normalized spacial score (nSPS) is 11.4. The number of ether oxygens (including phenoxy) is 4. The van der Waals surface area contributed by atoms with Crippen LogP contribution in [0.25, 0.3) is 21.5 Å². The summed E-state index contributed by atoms with van der Waals surface area (Å²) >= 11 is 6.56. The van der Waals surface area contributed by atoms with Gasteiger partial charge in [-0.2, -0.15) is 0 Å². The maximum absolute atomic E-state index is 11.4. The average molecular weight is 838 g/mol.